The van der Waals surface area contributed by atoms with Gasteiger partial charge in [0, 0.05) is 22.5 Å². The molecule has 0 fully saturated rings. The molecule has 2 heterocycles. The molecule has 0 spiro atoms. The van der Waals surface area contributed by atoms with Gasteiger partial charge in [0.15, 0.2) is 0 Å². The summed E-state index contributed by atoms with van der Waals surface area (Å²) in [6, 6.07) is 4.92. The predicted molar refractivity (Wildman–Crippen MR) is 76.2 cm³/mol. The van der Waals surface area contributed by atoms with E-state index in [1.807, 2.05) is 19.9 Å². The molecule has 20 heavy (non-hydrogen) atoms. The first-order valence-corrected chi connectivity index (χ1v) is 6.82. The van der Waals surface area contributed by atoms with Crippen LogP contribution in [0.1, 0.15) is 36.2 Å². The number of hydrogen-bond acceptors (Lipinski definition) is 4. The van der Waals surface area contributed by atoms with Crippen molar-refractivity contribution in [3.8, 4) is 0 Å². The van der Waals surface area contributed by atoms with Crippen LogP contribution in [-0.2, 0) is 6.54 Å². The zero-order valence-electron chi connectivity index (χ0n) is 11.1. The fourth-order valence-electron chi connectivity index (χ4n) is 1.79. The number of aromatic nitrogens is 1. The Balaban J connectivity index is 2.00. The molecule has 0 bridgehead atoms. The lowest BCUT2D eigenvalue weighted by atomic mass is 10.2. The minimum Gasteiger partial charge on any atom is -0.477 e. The number of nitrogens with zero attached hydrogens (tertiary/aromatic N) is 1. The highest BCUT2D eigenvalue weighted by Crippen LogP contribution is 2.20. The lowest BCUT2D eigenvalue weighted by Crippen LogP contribution is -2.23. The number of aromatic carboxylic acids is 1. The van der Waals surface area contributed by atoms with Crippen LogP contribution < -0.4 is 5.32 Å². The first kappa shape index (κ1) is 14.2. The van der Waals surface area contributed by atoms with E-state index in [-0.39, 0.29) is 11.6 Å². The number of amides is 1. The third-order valence-corrected chi connectivity index (χ3v) is 3.75. The summed E-state index contributed by atoms with van der Waals surface area (Å²) in [4.78, 5) is 28.6. The highest BCUT2D eigenvalue weighted by atomic mass is 32.1. The second-order valence-electron chi connectivity index (χ2n) is 4.37. The number of aryl methyl sites for hydroxylation is 2. The quantitative estimate of drug-likeness (QED) is 0.906. The van der Waals surface area contributed by atoms with Gasteiger partial charge in [-0.1, -0.05) is 6.07 Å². The van der Waals surface area contributed by atoms with Crippen molar-refractivity contribution in [3.05, 3.63) is 51.0 Å². The zero-order chi connectivity index (χ0) is 14.7. The molecule has 2 aromatic rings. The zero-order valence-corrected chi connectivity index (χ0v) is 12.0. The van der Waals surface area contributed by atoms with Gasteiger partial charge in [0.05, 0.1) is 5.56 Å². The Morgan fingerprint density at radius 3 is 2.60 bits per heavy atom. The molecular weight excluding hydrogens is 276 g/mol. The molecule has 104 valence electrons. The number of carbonyl (C=O) groups excluding carboxylic acids is 1. The van der Waals surface area contributed by atoms with Gasteiger partial charge in [0.25, 0.3) is 5.91 Å². The summed E-state index contributed by atoms with van der Waals surface area (Å²) in [6.45, 7) is 4.19. The fourth-order valence-corrected chi connectivity index (χ4v) is 2.71. The van der Waals surface area contributed by atoms with Crippen molar-refractivity contribution in [3.63, 3.8) is 0 Å². The fraction of sp³-hybridized carbons (Fsp3) is 0.214. The van der Waals surface area contributed by atoms with Crippen LogP contribution in [0, 0.1) is 13.8 Å². The van der Waals surface area contributed by atoms with Crippen LogP contribution in [0.3, 0.4) is 0 Å². The molecular formula is C14H14N2O3S. The molecule has 0 aliphatic carbocycles. The van der Waals surface area contributed by atoms with Gasteiger partial charge in [-0.15, -0.1) is 11.3 Å². The Hall–Kier alpha value is -2.21. The summed E-state index contributed by atoms with van der Waals surface area (Å²) in [5.74, 6) is -1.20. The molecule has 0 radical (unpaired) electrons. The van der Waals surface area contributed by atoms with Crippen LogP contribution in [0.15, 0.2) is 24.4 Å². The Morgan fingerprint density at radius 1 is 1.35 bits per heavy atom. The summed E-state index contributed by atoms with van der Waals surface area (Å²) < 4.78 is 0. The topological polar surface area (TPSA) is 79.3 Å². The van der Waals surface area contributed by atoms with Gasteiger partial charge < -0.3 is 10.4 Å². The average molecular weight is 290 g/mol. The maximum atomic E-state index is 12.0. The molecule has 1 amide bonds. The lowest BCUT2D eigenvalue weighted by molar-refractivity contribution is 0.0690. The van der Waals surface area contributed by atoms with E-state index in [4.69, 9.17) is 5.11 Å². The molecule has 5 nitrogen and oxygen atoms in total. The number of carboxylic acid groups (broad SMARTS) is 1. The number of thiophene rings is 1. The van der Waals surface area contributed by atoms with Gasteiger partial charge in [0.2, 0.25) is 0 Å². The van der Waals surface area contributed by atoms with Gasteiger partial charge >= 0.3 is 5.97 Å². The van der Waals surface area contributed by atoms with Crippen LogP contribution in [0.4, 0.5) is 0 Å². The monoisotopic (exact) mass is 290 g/mol. The Kier molecular flexibility index (Phi) is 4.14. The normalized spacial score (nSPS) is 10.3. The first-order valence-electron chi connectivity index (χ1n) is 6.01. The standard InChI is InChI=1S/C14H14N2O3S/c1-8-5-11(9(2)20-8)13(17)16-7-10-3-4-12(14(18)19)15-6-10/h3-6H,7H2,1-2H3,(H,16,17)(H,18,19). The SMILES string of the molecule is Cc1cc(C(=O)NCc2ccc(C(=O)O)nc2)c(C)s1. The summed E-state index contributed by atoms with van der Waals surface area (Å²) in [7, 11) is 0. The van der Waals surface area contributed by atoms with Crippen molar-refractivity contribution in [2.75, 3.05) is 0 Å². The molecule has 0 atom stereocenters. The van der Waals surface area contributed by atoms with Crippen LogP contribution in [0.25, 0.3) is 0 Å². The van der Waals surface area contributed by atoms with E-state index in [0.29, 0.717) is 12.1 Å². The maximum Gasteiger partial charge on any atom is 0.354 e. The van der Waals surface area contributed by atoms with Crippen LogP contribution in [-0.4, -0.2) is 22.0 Å². The molecule has 0 saturated heterocycles. The van der Waals surface area contributed by atoms with E-state index in [9.17, 15) is 9.59 Å². The Bertz CT molecular complexity index is 647. The van der Waals surface area contributed by atoms with Gasteiger partial charge in [-0.05, 0) is 31.5 Å². The maximum absolute atomic E-state index is 12.0. The van der Waals surface area contributed by atoms with Crippen molar-refractivity contribution < 1.29 is 14.7 Å². The second kappa shape index (κ2) is 5.83. The number of rotatable bonds is 4. The second-order valence-corrected chi connectivity index (χ2v) is 5.83. The number of carboxylic acids is 1. The summed E-state index contributed by atoms with van der Waals surface area (Å²) >= 11 is 1.59. The molecule has 0 aliphatic rings. The van der Waals surface area contributed by atoms with Crippen LogP contribution in [0.5, 0.6) is 0 Å². The number of nitrogens with one attached hydrogen (secondary N) is 1. The summed E-state index contributed by atoms with van der Waals surface area (Å²) in [5, 5.41) is 11.5. The Morgan fingerprint density at radius 2 is 2.10 bits per heavy atom. The molecule has 2 rings (SSSR count). The largest absolute Gasteiger partial charge is 0.477 e. The van der Waals surface area contributed by atoms with Gasteiger partial charge in [-0.2, -0.15) is 0 Å². The first-order chi connectivity index (χ1) is 9.47. The van der Waals surface area contributed by atoms with E-state index in [1.54, 1.807) is 17.4 Å². The minimum absolute atomic E-state index is 0.00983. The van der Waals surface area contributed by atoms with Gasteiger partial charge in [-0.3, -0.25) is 4.79 Å². The van der Waals surface area contributed by atoms with E-state index in [2.05, 4.69) is 10.3 Å². The van der Waals surface area contributed by atoms with Gasteiger partial charge in [0.1, 0.15) is 5.69 Å². The summed E-state index contributed by atoms with van der Waals surface area (Å²) in [6.07, 6.45) is 1.45. The van der Waals surface area contributed by atoms with Gasteiger partial charge in [-0.25, -0.2) is 9.78 Å². The van der Waals surface area contributed by atoms with Crippen LogP contribution >= 0.6 is 11.3 Å². The van der Waals surface area contributed by atoms with Crippen molar-refractivity contribution in [2.45, 2.75) is 20.4 Å². The molecule has 0 unspecified atom stereocenters. The molecule has 2 N–H and O–H groups in total. The number of carbonyl (C=O) groups is 2. The third-order valence-electron chi connectivity index (χ3n) is 2.78. The average Bonchev–Trinajstić information content (AvgIpc) is 2.75. The minimum atomic E-state index is -1.06. The molecule has 0 aliphatic heterocycles. The summed E-state index contributed by atoms with van der Waals surface area (Å²) in [5.41, 5.74) is 1.43. The van der Waals surface area contributed by atoms with Crippen molar-refractivity contribution in [1.29, 1.82) is 0 Å². The third kappa shape index (κ3) is 3.21. The van der Waals surface area contributed by atoms with E-state index >= 15 is 0 Å². The highest BCUT2D eigenvalue weighted by Gasteiger charge is 2.11. The highest BCUT2D eigenvalue weighted by molar-refractivity contribution is 7.12. The van der Waals surface area contributed by atoms with Crippen molar-refractivity contribution in [2.24, 2.45) is 0 Å². The molecule has 0 aromatic carbocycles. The Labute approximate surface area is 120 Å². The molecule has 2 aromatic heterocycles. The lowest BCUT2D eigenvalue weighted by Gasteiger charge is -2.05. The number of hydrogen-bond donors (Lipinski definition) is 2. The van der Waals surface area contributed by atoms with Crippen molar-refractivity contribution in [1.82, 2.24) is 10.3 Å². The van der Waals surface area contributed by atoms with E-state index < -0.39 is 5.97 Å². The van der Waals surface area contributed by atoms with Crippen molar-refractivity contribution >= 4 is 23.2 Å². The predicted octanol–water partition coefficient (Wildman–Crippen LogP) is 2.39. The van der Waals surface area contributed by atoms with E-state index in [1.165, 1.54) is 12.3 Å². The van der Waals surface area contributed by atoms with E-state index in [0.717, 1.165) is 15.3 Å². The van der Waals surface area contributed by atoms with Crippen LogP contribution in [0.2, 0.25) is 0 Å². The molecule has 6 heteroatoms. The number of pyridine rings is 1. The molecule has 0 saturated carbocycles. The smallest absolute Gasteiger partial charge is 0.354 e.